The van der Waals surface area contributed by atoms with Gasteiger partial charge in [0.2, 0.25) is 0 Å². The van der Waals surface area contributed by atoms with Gasteiger partial charge in [-0.15, -0.1) is 0 Å². The predicted molar refractivity (Wildman–Crippen MR) is 77.3 cm³/mol. The molecule has 2 heterocycles. The summed E-state index contributed by atoms with van der Waals surface area (Å²) in [4.78, 5) is 13.0. The van der Waals surface area contributed by atoms with Crippen LogP contribution in [0.3, 0.4) is 0 Å². The Morgan fingerprint density at radius 1 is 1.09 bits per heavy atom. The molecule has 0 aromatic carbocycles. The second kappa shape index (κ2) is 4.51. The molecule has 3 aliphatic rings. The lowest BCUT2D eigenvalue weighted by molar-refractivity contribution is -0.227. The summed E-state index contributed by atoms with van der Waals surface area (Å²) in [6.07, 6.45) is -1.21. The van der Waals surface area contributed by atoms with Crippen LogP contribution in [0.5, 0.6) is 0 Å². The van der Waals surface area contributed by atoms with Crippen LogP contribution >= 0.6 is 0 Å². The van der Waals surface area contributed by atoms with E-state index in [4.69, 9.17) is 23.7 Å². The average molecular weight is 314 g/mol. The minimum absolute atomic E-state index is 0.127. The highest BCUT2D eigenvalue weighted by Gasteiger charge is 2.70. The van der Waals surface area contributed by atoms with Crippen LogP contribution in [0.4, 0.5) is 0 Å². The van der Waals surface area contributed by atoms with Crippen LogP contribution in [0.25, 0.3) is 0 Å². The van der Waals surface area contributed by atoms with Crippen molar-refractivity contribution in [3.63, 3.8) is 0 Å². The summed E-state index contributed by atoms with van der Waals surface area (Å²) in [5.41, 5.74) is -1.60. The molecule has 0 radical (unpaired) electrons. The van der Waals surface area contributed by atoms with E-state index in [1.54, 1.807) is 7.11 Å². The molecule has 126 valence electrons. The zero-order valence-electron chi connectivity index (χ0n) is 14.4. The molecule has 1 unspecified atom stereocenters. The summed E-state index contributed by atoms with van der Waals surface area (Å²) >= 11 is 0. The van der Waals surface area contributed by atoms with E-state index in [0.717, 1.165) is 0 Å². The summed E-state index contributed by atoms with van der Waals surface area (Å²) in [5, 5.41) is 0. The SMILES string of the molecule is COC(C)(C)[C@@]12C[C@H]3OC(C)(C)OC3C(=O)[C@@H]1OC(C)(C)O2. The molecule has 6 nitrogen and oxygen atoms in total. The van der Waals surface area contributed by atoms with Crippen molar-refractivity contribution in [2.45, 2.75) is 89.1 Å². The molecule has 3 rings (SSSR count). The number of hydrogen-bond acceptors (Lipinski definition) is 6. The minimum Gasteiger partial charge on any atom is -0.376 e. The third-order valence-electron chi connectivity index (χ3n) is 5.01. The Hall–Kier alpha value is -0.530. The zero-order valence-corrected chi connectivity index (χ0v) is 14.4. The molecule has 0 N–H and O–H groups in total. The lowest BCUT2D eigenvalue weighted by atomic mass is 9.69. The van der Waals surface area contributed by atoms with E-state index in [1.807, 2.05) is 41.5 Å². The van der Waals surface area contributed by atoms with Gasteiger partial charge in [0.25, 0.3) is 0 Å². The first-order valence-corrected chi connectivity index (χ1v) is 7.76. The number of carbonyl (C=O) groups is 1. The maximum absolute atomic E-state index is 13.0. The summed E-state index contributed by atoms with van der Waals surface area (Å²) in [7, 11) is 1.62. The average Bonchev–Trinajstić information content (AvgIpc) is 2.83. The zero-order chi connectivity index (χ0) is 16.6. The molecular formula is C16H26O6. The van der Waals surface area contributed by atoms with Crippen molar-refractivity contribution < 1.29 is 28.5 Å². The Bertz CT molecular complexity index is 497. The predicted octanol–water partition coefficient (Wildman–Crippen LogP) is 1.79. The van der Waals surface area contributed by atoms with E-state index in [2.05, 4.69) is 0 Å². The Kier molecular flexibility index (Phi) is 3.35. The van der Waals surface area contributed by atoms with E-state index in [-0.39, 0.29) is 11.9 Å². The van der Waals surface area contributed by atoms with Gasteiger partial charge >= 0.3 is 0 Å². The van der Waals surface area contributed by atoms with E-state index in [9.17, 15) is 4.79 Å². The first kappa shape index (κ1) is 16.3. The summed E-state index contributed by atoms with van der Waals surface area (Å²) in [6, 6.07) is 0. The number of hydrogen-bond donors (Lipinski definition) is 0. The minimum atomic E-state index is -0.896. The Balaban J connectivity index is 2.04. The quantitative estimate of drug-likeness (QED) is 0.774. The number of Topliss-reactive ketones (excluding diaryl/α,β-unsaturated/α-hetero) is 1. The first-order chi connectivity index (χ1) is 9.93. The van der Waals surface area contributed by atoms with Gasteiger partial charge in [-0.25, -0.2) is 0 Å². The molecule has 0 amide bonds. The summed E-state index contributed by atoms with van der Waals surface area (Å²) < 4.78 is 29.6. The second-order valence-electron chi connectivity index (χ2n) is 7.80. The molecule has 2 aliphatic heterocycles. The monoisotopic (exact) mass is 314 g/mol. The molecule has 1 saturated carbocycles. The molecule has 1 aliphatic carbocycles. The fourth-order valence-corrected chi connectivity index (χ4v) is 3.86. The van der Waals surface area contributed by atoms with E-state index in [0.29, 0.717) is 6.42 Å². The van der Waals surface area contributed by atoms with Gasteiger partial charge in [-0.3, -0.25) is 4.79 Å². The highest BCUT2D eigenvalue weighted by molar-refractivity contribution is 5.91. The van der Waals surface area contributed by atoms with Crippen molar-refractivity contribution in [1.29, 1.82) is 0 Å². The van der Waals surface area contributed by atoms with Gasteiger partial charge in [-0.2, -0.15) is 0 Å². The van der Waals surface area contributed by atoms with Crippen LogP contribution in [0.15, 0.2) is 0 Å². The highest BCUT2D eigenvalue weighted by atomic mass is 16.8. The van der Waals surface area contributed by atoms with Gasteiger partial charge < -0.3 is 23.7 Å². The smallest absolute Gasteiger partial charge is 0.196 e. The number of fused-ring (bicyclic) bond motifs is 2. The molecule has 2 saturated heterocycles. The molecule has 3 fully saturated rings. The van der Waals surface area contributed by atoms with Crippen molar-refractivity contribution in [3.05, 3.63) is 0 Å². The van der Waals surface area contributed by atoms with Crippen molar-refractivity contribution in [1.82, 2.24) is 0 Å². The molecule has 22 heavy (non-hydrogen) atoms. The van der Waals surface area contributed by atoms with E-state index >= 15 is 0 Å². The number of methoxy groups -OCH3 is 1. The molecule has 6 heteroatoms. The molecule has 0 spiro atoms. The molecule has 0 bridgehead atoms. The van der Waals surface area contributed by atoms with Crippen LogP contribution in [0, 0.1) is 0 Å². The Morgan fingerprint density at radius 2 is 1.73 bits per heavy atom. The standard InChI is InChI=1S/C16H26O6/c1-13(2,18-7)16-8-9-11(20-14(3,4)19-9)10(17)12(16)21-15(5,6)22-16/h9,11-12H,8H2,1-7H3/t9-,11?,12+,16-/m1/s1. The topological polar surface area (TPSA) is 63.2 Å². The fourth-order valence-electron chi connectivity index (χ4n) is 3.86. The van der Waals surface area contributed by atoms with Crippen molar-refractivity contribution in [3.8, 4) is 0 Å². The third kappa shape index (κ3) is 2.16. The maximum Gasteiger partial charge on any atom is 0.196 e. The van der Waals surface area contributed by atoms with Crippen LogP contribution in [0.2, 0.25) is 0 Å². The van der Waals surface area contributed by atoms with Crippen molar-refractivity contribution >= 4 is 5.78 Å². The fraction of sp³-hybridized carbons (Fsp3) is 0.938. The van der Waals surface area contributed by atoms with Crippen LogP contribution in [-0.4, -0.2) is 54.0 Å². The van der Waals surface area contributed by atoms with E-state index < -0.39 is 35.0 Å². The number of ether oxygens (including phenoxy) is 5. The molecule has 0 aromatic rings. The first-order valence-electron chi connectivity index (χ1n) is 7.76. The van der Waals surface area contributed by atoms with Gasteiger partial charge in [0.05, 0.1) is 11.7 Å². The Labute approximate surface area is 131 Å². The second-order valence-corrected chi connectivity index (χ2v) is 7.80. The van der Waals surface area contributed by atoms with Gasteiger partial charge in [0, 0.05) is 13.5 Å². The van der Waals surface area contributed by atoms with Gasteiger partial charge in [0.15, 0.2) is 23.5 Å². The van der Waals surface area contributed by atoms with Crippen molar-refractivity contribution in [2.24, 2.45) is 0 Å². The number of rotatable bonds is 2. The van der Waals surface area contributed by atoms with Gasteiger partial charge in [-0.05, 0) is 41.5 Å². The lowest BCUT2D eigenvalue weighted by Gasteiger charge is -2.48. The van der Waals surface area contributed by atoms with Crippen LogP contribution in [-0.2, 0) is 28.5 Å². The van der Waals surface area contributed by atoms with Gasteiger partial charge in [0.1, 0.15) is 11.7 Å². The molecule has 0 aromatic heterocycles. The normalized spacial score (nSPS) is 43.0. The summed E-state index contributed by atoms with van der Waals surface area (Å²) in [5.74, 6) is -1.76. The molecular weight excluding hydrogens is 288 g/mol. The third-order valence-corrected chi connectivity index (χ3v) is 5.01. The Morgan fingerprint density at radius 3 is 2.32 bits per heavy atom. The lowest BCUT2D eigenvalue weighted by Crippen LogP contribution is -2.67. The van der Waals surface area contributed by atoms with Crippen LogP contribution < -0.4 is 0 Å². The largest absolute Gasteiger partial charge is 0.376 e. The molecule has 4 atom stereocenters. The maximum atomic E-state index is 13.0. The van der Waals surface area contributed by atoms with Gasteiger partial charge in [-0.1, -0.05) is 0 Å². The van der Waals surface area contributed by atoms with Crippen LogP contribution in [0.1, 0.15) is 48.0 Å². The van der Waals surface area contributed by atoms with E-state index in [1.165, 1.54) is 0 Å². The summed E-state index contributed by atoms with van der Waals surface area (Å²) in [6.45, 7) is 11.1. The number of carbonyl (C=O) groups excluding carboxylic acids is 1. The number of ketones is 1. The highest BCUT2D eigenvalue weighted by Crippen LogP contribution is 2.53. The van der Waals surface area contributed by atoms with Crippen molar-refractivity contribution in [2.75, 3.05) is 7.11 Å².